The maximum absolute atomic E-state index is 11.6. The van der Waals surface area contributed by atoms with E-state index in [-0.39, 0.29) is 12.3 Å². The zero-order chi connectivity index (χ0) is 23.2. The summed E-state index contributed by atoms with van der Waals surface area (Å²) in [5.41, 5.74) is 6.89. The third-order valence-corrected chi connectivity index (χ3v) is 7.32. The van der Waals surface area contributed by atoms with Crippen molar-refractivity contribution in [3.8, 4) is 5.75 Å². The van der Waals surface area contributed by atoms with Gasteiger partial charge in [0.2, 0.25) is 0 Å². The van der Waals surface area contributed by atoms with Gasteiger partial charge in [0.1, 0.15) is 5.75 Å². The van der Waals surface area contributed by atoms with Gasteiger partial charge in [-0.1, -0.05) is 23.8 Å². The van der Waals surface area contributed by atoms with Crippen molar-refractivity contribution in [3.05, 3.63) is 74.5 Å². The highest BCUT2D eigenvalue weighted by molar-refractivity contribution is 7.09. The number of nitrogens with zero attached hydrogens (tertiary/aromatic N) is 2. The van der Waals surface area contributed by atoms with E-state index in [0.29, 0.717) is 6.42 Å². The van der Waals surface area contributed by atoms with Gasteiger partial charge in [0.05, 0.1) is 24.2 Å². The van der Waals surface area contributed by atoms with Crippen molar-refractivity contribution >= 4 is 17.3 Å². The van der Waals surface area contributed by atoms with Crippen LogP contribution in [0.2, 0.25) is 0 Å². The molecule has 5 nitrogen and oxygen atoms in total. The summed E-state index contributed by atoms with van der Waals surface area (Å²) < 4.78 is 5.52. The number of hydrogen-bond acceptors (Lipinski definition) is 5. The van der Waals surface area contributed by atoms with Crippen molar-refractivity contribution in [2.24, 2.45) is 0 Å². The molecule has 3 aromatic rings. The van der Waals surface area contributed by atoms with Gasteiger partial charge in [0, 0.05) is 22.7 Å². The predicted molar refractivity (Wildman–Crippen MR) is 131 cm³/mol. The van der Waals surface area contributed by atoms with E-state index in [2.05, 4.69) is 17.5 Å². The topological polar surface area (TPSA) is 72.3 Å². The van der Waals surface area contributed by atoms with Crippen molar-refractivity contribution in [2.45, 2.75) is 70.6 Å². The second kappa shape index (κ2) is 10.9. The molecule has 0 saturated carbocycles. The van der Waals surface area contributed by atoms with E-state index < -0.39 is 5.97 Å². The highest BCUT2D eigenvalue weighted by Gasteiger charge is 2.21. The fourth-order valence-corrected chi connectivity index (χ4v) is 5.53. The number of thiazole rings is 1. The Morgan fingerprint density at radius 2 is 1.97 bits per heavy atom. The SMILES string of the molecule is COc1ccc(C)cc1C(CC(=O)O)Cc1csc(CCCc2ccc3c(n2)CCCC3)n1. The molecule has 1 atom stereocenters. The lowest BCUT2D eigenvalue weighted by atomic mass is 9.89. The highest BCUT2D eigenvalue weighted by atomic mass is 32.1. The Hall–Kier alpha value is -2.73. The Kier molecular flexibility index (Phi) is 7.76. The number of aliphatic carboxylic acids is 1. The van der Waals surface area contributed by atoms with Gasteiger partial charge in [-0.25, -0.2) is 4.98 Å². The van der Waals surface area contributed by atoms with E-state index >= 15 is 0 Å². The number of benzene rings is 1. The van der Waals surface area contributed by atoms with Crippen LogP contribution in [0.5, 0.6) is 5.75 Å². The zero-order valence-corrected chi connectivity index (χ0v) is 20.3. The van der Waals surface area contributed by atoms with Crippen LogP contribution in [0.3, 0.4) is 0 Å². The van der Waals surface area contributed by atoms with E-state index in [1.807, 2.05) is 25.1 Å². The van der Waals surface area contributed by atoms with Gasteiger partial charge >= 0.3 is 5.97 Å². The van der Waals surface area contributed by atoms with Gasteiger partial charge < -0.3 is 9.84 Å². The van der Waals surface area contributed by atoms with Crippen LogP contribution >= 0.6 is 11.3 Å². The number of ether oxygens (including phenoxy) is 1. The third kappa shape index (κ3) is 6.20. The molecule has 4 rings (SSSR count). The molecule has 0 amide bonds. The molecule has 0 aliphatic heterocycles. The summed E-state index contributed by atoms with van der Waals surface area (Å²) in [5, 5.41) is 12.7. The van der Waals surface area contributed by atoms with Gasteiger partial charge in [-0.2, -0.15) is 0 Å². The first-order chi connectivity index (χ1) is 16.0. The Balaban J connectivity index is 1.38. The molecule has 2 aromatic heterocycles. The number of aryl methyl sites for hydroxylation is 5. The average molecular weight is 465 g/mol. The lowest BCUT2D eigenvalue weighted by Gasteiger charge is -2.18. The van der Waals surface area contributed by atoms with Gasteiger partial charge in [0.25, 0.3) is 0 Å². The number of carbonyl (C=O) groups is 1. The number of fused-ring (bicyclic) bond motifs is 1. The number of aromatic nitrogens is 2. The Labute approximate surface area is 199 Å². The number of carboxylic acid groups (broad SMARTS) is 1. The summed E-state index contributed by atoms with van der Waals surface area (Å²) >= 11 is 1.67. The van der Waals surface area contributed by atoms with Crippen LogP contribution in [0.25, 0.3) is 0 Å². The molecule has 0 radical (unpaired) electrons. The van der Waals surface area contributed by atoms with Crippen LogP contribution in [0.4, 0.5) is 0 Å². The minimum Gasteiger partial charge on any atom is -0.496 e. The minimum absolute atomic E-state index is 0.0523. The van der Waals surface area contributed by atoms with Crippen LogP contribution in [0.15, 0.2) is 35.7 Å². The van der Waals surface area contributed by atoms with E-state index in [4.69, 9.17) is 14.7 Å². The molecular formula is C27H32N2O3S. The van der Waals surface area contributed by atoms with Gasteiger partial charge in [-0.05, 0) is 81.5 Å². The molecule has 1 aromatic carbocycles. The van der Waals surface area contributed by atoms with Gasteiger partial charge in [0.15, 0.2) is 0 Å². The van der Waals surface area contributed by atoms with Crippen molar-refractivity contribution in [1.29, 1.82) is 0 Å². The molecule has 174 valence electrons. The van der Waals surface area contributed by atoms with E-state index in [9.17, 15) is 9.90 Å². The van der Waals surface area contributed by atoms with Gasteiger partial charge in [-0.3, -0.25) is 9.78 Å². The lowest BCUT2D eigenvalue weighted by molar-refractivity contribution is -0.137. The molecule has 0 spiro atoms. The summed E-state index contributed by atoms with van der Waals surface area (Å²) in [5.74, 6) is -0.247. The Morgan fingerprint density at radius 1 is 1.12 bits per heavy atom. The Morgan fingerprint density at radius 3 is 2.79 bits per heavy atom. The monoisotopic (exact) mass is 464 g/mol. The second-order valence-corrected chi connectivity index (χ2v) is 9.89. The van der Waals surface area contributed by atoms with Crippen molar-refractivity contribution in [1.82, 2.24) is 9.97 Å². The lowest BCUT2D eigenvalue weighted by Crippen LogP contribution is -2.11. The van der Waals surface area contributed by atoms with Crippen molar-refractivity contribution < 1.29 is 14.6 Å². The van der Waals surface area contributed by atoms with Crippen LogP contribution < -0.4 is 4.74 Å². The first-order valence-electron chi connectivity index (χ1n) is 11.8. The first-order valence-corrected chi connectivity index (χ1v) is 12.7. The summed E-state index contributed by atoms with van der Waals surface area (Å²) in [4.78, 5) is 21.3. The zero-order valence-electron chi connectivity index (χ0n) is 19.5. The fourth-order valence-electron chi connectivity index (χ4n) is 4.67. The fraction of sp³-hybridized carbons (Fsp3) is 0.444. The number of rotatable bonds is 10. The molecular weight excluding hydrogens is 432 g/mol. The molecule has 0 bridgehead atoms. The van der Waals surface area contributed by atoms with Crippen LogP contribution in [-0.2, 0) is 36.9 Å². The molecule has 33 heavy (non-hydrogen) atoms. The molecule has 0 saturated heterocycles. The highest BCUT2D eigenvalue weighted by Crippen LogP contribution is 2.33. The van der Waals surface area contributed by atoms with E-state index in [1.165, 1.54) is 36.2 Å². The second-order valence-electron chi connectivity index (χ2n) is 8.95. The first kappa shape index (κ1) is 23.4. The minimum atomic E-state index is -0.809. The van der Waals surface area contributed by atoms with Crippen LogP contribution in [0.1, 0.15) is 70.4 Å². The maximum atomic E-state index is 11.6. The number of carboxylic acids is 1. The van der Waals surface area contributed by atoms with Crippen LogP contribution in [-0.4, -0.2) is 28.2 Å². The summed E-state index contributed by atoms with van der Waals surface area (Å²) in [6.45, 7) is 2.01. The molecule has 1 aliphatic carbocycles. The summed E-state index contributed by atoms with van der Waals surface area (Å²) in [7, 11) is 1.63. The quantitative estimate of drug-likeness (QED) is 0.416. The maximum Gasteiger partial charge on any atom is 0.303 e. The van der Waals surface area contributed by atoms with Crippen molar-refractivity contribution in [2.75, 3.05) is 7.11 Å². The van der Waals surface area contributed by atoms with E-state index in [1.54, 1.807) is 18.4 Å². The van der Waals surface area contributed by atoms with Crippen molar-refractivity contribution in [3.63, 3.8) is 0 Å². The average Bonchev–Trinajstić information content (AvgIpc) is 3.25. The Bertz CT molecular complexity index is 1110. The smallest absolute Gasteiger partial charge is 0.303 e. The number of pyridine rings is 1. The molecule has 6 heteroatoms. The summed E-state index contributed by atoms with van der Waals surface area (Å²) in [6, 6.07) is 10.4. The predicted octanol–water partition coefficient (Wildman–Crippen LogP) is 5.71. The third-order valence-electron chi connectivity index (χ3n) is 6.36. The number of hydrogen-bond donors (Lipinski definition) is 1. The normalized spacial score (nSPS) is 14.0. The molecule has 1 aliphatic rings. The molecule has 1 N–H and O–H groups in total. The largest absolute Gasteiger partial charge is 0.496 e. The van der Waals surface area contributed by atoms with Gasteiger partial charge in [-0.15, -0.1) is 11.3 Å². The van der Waals surface area contributed by atoms with Crippen LogP contribution in [0, 0.1) is 6.92 Å². The molecule has 1 unspecified atom stereocenters. The summed E-state index contributed by atoms with van der Waals surface area (Å²) in [6.07, 6.45) is 8.36. The molecule has 2 heterocycles. The molecule has 0 fully saturated rings. The number of methoxy groups -OCH3 is 1. The standard InChI is InChI=1S/C27H32N2O3S/c1-18-10-13-25(32-2)23(14-18)20(16-27(30)31)15-22-17-33-26(29-22)9-5-7-21-12-11-19-6-3-4-8-24(19)28-21/h10-14,17,20H,3-9,15-16H2,1-2H3,(H,30,31). The van der Waals surface area contributed by atoms with E-state index in [0.717, 1.165) is 53.3 Å².